The molecule has 0 unspecified atom stereocenters. The molecule has 2 aromatic rings. The Hall–Kier alpha value is -4.02. The van der Waals surface area contributed by atoms with Crippen molar-refractivity contribution in [1.82, 2.24) is 4.98 Å². The Morgan fingerprint density at radius 3 is 2.31 bits per heavy atom. The molecular formula is C15H12N4O7. The Morgan fingerprint density at radius 1 is 1.12 bits per heavy atom. The number of hydrogen-bond acceptors (Lipinski definition) is 7. The molecule has 0 aliphatic rings. The summed E-state index contributed by atoms with van der Waals surface area (Å²) < 4.78 is 0. The molecule has 1 aromatic heterocycles. The smallest absolute Gasteiger partial charge is 0.337 e. The monoisotopic (exact) mass is 360 g/mol. The number of carboxylic acid groups (broad SMARTS) is 2. The Labute approximate surface area is 144 Å². The number of aromatic hydroxyl groups is 1. The number of carboxylic acids is 2. The average molecular weight is 360 g/mol. The van der Waals surface area contributed by atoms with E-state index < -0.39 is 35.0 Å². The minimum absolute atomic E-state index is 0.0752. The Balaban J connectivity index is 2.64. The van der Waals surface area contributed by atoms with Crippen LogP contribution in [-0.4, -0.2) is 38.1 Å². The maximum Gasteiger partial charge on any atom is 0.337 e. The third-order valence-corrected chi connectivity index (χ3v) is 3.39. The van der Waals surface area contributed by atoms with Gasteiger partial charge >= 0.3 is 11.9 Å². The highest BCUT2D eigenvalue weighted by molar-refractivity contribution is 5.98. The zero-order valence-corrected chi connectivity index (χ0v) is 13.2. The number of benzene rings is 1. The van der Waals surface area contributed by atoms with E-state index in [1.54, 1.807) is 0 Å². The summed E-state index contributed by atoms with van der Waals surface area (Å²) in [6.07, 6.45) is 0. The third-order valence-electron chi connectivity index (χ3n) is 3.39. The second-order valence-electron chi connectivity index (χ2n) is 5.06. The summed E-state index contributed by atoms with van der Waals surface area (Å²) in [6, 6.07) is 3.08. The minimum atomic E-state index is -1.38. The van der Waals surface area contributed by atoms with Crippen molar-refractivity contribution in [2.24, 2.45) is 16.0 Å². The van der Waals surface area contributed by atoms with Gasteiger partial charge in [0.15, 0.2) is 5.69 Å². The number of aromatic amines is 1. The number of carbonyl (C=O) groups excluding carboxylic acids is 1. The van der Waals surface area contributed by atoms with Crippen molar-refractivity contribution in [3.8, 4) is 5.88 Å². The van der Waals surface area contributed by atoms with E-state index in [9.17, 15) is 24.3 Å². The number of azo groups is 1. The van der Waals surface area contributed by atoms with Gasteiger partial charge in [-0.2, -0.15) is 0 Å². The van der Waals surface area contributed by atoms with Gasteiger partial charge in [-0.25, -0.2) is 9.59 Å². The molecule has 1 aromatic carbocycles. The van der Waals surface area contributed by atoms with Gasteiger partial charge in [-0.1, -0.05) is 0 Å². The molecule has 0 bridgehead atoms. The molecule has 11 heteroatoms. The zero-order chi connectivity index (χ0) is 19.6. The summed E-state index contributed by atoms with van der Waals surface area (Å²) in [4.78, 5) is 47.5. The molecule has 0 aliphatic heterocycles. The predicted molar refractivity (Wildman–Crippen MR) is 86.5 cm³/mol. The Kier molecular flexibility index (Phi) is 4.82. The lowest BCUT2D eigenvalue weighted by atomic mass is 10.1. The van der Waals surface area contributed by atoms with Gasteiger partial charge in [0.25, 0.3) is 11.5 Å². The van der Waals surface area contributed by atoms with Crippen LogP contribution in [-0.2, 0) is 0 Å². The number of H-pyrrole nitrogens is 1. The largest absolute Gasteiger partial charge is 0.494 e. The normalized spacial score (nSPS) is 10.8. The zero-order valence-electron chi connectivity index (χ0n) is 13.2. The van der Waals surface area contributed by atoms with Crippen molar-refractivity contribution in [2.45, 2.75) is 6.92 Å². The van der Waals surface area contributed by atoms with E-state index in [1.807, 2.05) is 4.98 Å². The number of pyridine rings is 1. The number of primary amides is 1. The Morgan fingerprint density at radius 2 is 1.77 bits per heavy atom. The highest BCUT2D eigenvalue weighted by atomic mass is 16.4. The van der Waals surface area contributed by atoms with Crippen LogP contribution < -0.4 is 11.3 Å². The summed E-state index contributed by atoms with van der Waals surface area (Å²) in [6.45, 7) is 1.29. The number of aromatic nitrogens is 1. The van der Waals surface area contributed by atoms with Crippen molar-refractivity contribution in [3.05, 3.63) is 50.8 Å². The fraction of sp³-hybridized carbons (Fsp3) is 0.0667. The fourth-order valence-corrected chi connectivity index (χ4v) is 2.15. The lowest BCUT2D eigenvalue weighted by Gasteiger charge is -2.06. The summed E-state index contributed by atoms with van der Waals surface area (Å²) >= 11 is 0. The van der Waals surface area contributed by atoms with Crippen molar-refractivity contribution in [1.29, 1.82) is 0 Å². The van der Waals surface area contributed by atoms with Crippen LogP contribution >= 0.6 is 0 Å². The lowest BCUT2D eigenvalue weighted by Crippen LogP contribution is -2.18. The van der Waals surface area contributed by atoms with E-state index in [0.29, 0.717) is 0 Å². The molecule has 0 aliphatic carbocycles. The SMILES string of the molecule is Cc1c(C(N)=O)c(O)[nH]c(=O)c1N=Nc1cc(C(=O)O)ccc1C(=O)O. The van der Waals surface area contributed by atoms with Crippen molar-refractivity contribution in [3.63, 3.8) is 0 Å². The molecule has 1 amide bonds. The lowest BCUT2D eigenvalue weighted by molar-refractivity contribution is 0.0682. The molecule has 0 saturated heterocycles. The van der Waals surface area contributed by atoms with Gasteiger partial charge in [0.1, 0.15) is 11.3 Å². The number of amides is 1. The summed E-state index contributed by atoms with van der Waals surface area (Å²) in [5.41, 5.74) is 2.47. The maximum atomic E-state index is 11.9. The van der Waals surface area contributed by atoms with Gasteiger partial charge in [-0.05, 0) is 25.1 Å². The summed E-state index contributed by atoms with van der Waals surface area (Å²) in [5.74, 6) is -4.46. The van der Waals surface area contributed by atoms with Crippen LogP contribution in [0.3, 0.4) is 0 Å². The molecule has 0 saturated carbocycles. The molecule has 0 atom stereocenters. The molecule has 6 N–H and O–H groups in total. The third kappa shape index (κ3) is 3.40. The van der Waals surface area contributed by atoms with Gasteiger partial charge in [-0.3, -0.25) is 14.6 Å². The van der Waals surface area contributed by atoms with Gasteiger partial charge < -0.3 is 21.1 Å². The number of nitrogens with one attached hydrogen (secondary N) is 1. The number of aromatic carboxylic acids is 2. The van der Waals surface area contributed by atoms with E-state index in [1.165, 1.54) is 6.92 Å². The topological polar surface area (TPSA) is 195 Å². The molecule has 2 rings (SSSR count). The summed E-state index contributed by atoms with van der Waals surface area (Å²) in [7, 11) is 0. The Bertz CT molecular complexity index is 1020. The van der Waals surface area contributed by atoms with Gasteiger partial charge in [0, 0.05) is 5.56 Å². The summed E-state index contributed by atoms with van der Waals surface area (Å²) in [5, 5.41) is 35.0. The maximum absolute atomic E-state index is 11.9. The minimum Gasteiger partial charge on any atom is -0.494 e. The first-order chi connectivity index (χ1) is 12.1. The van der Waals surface area contributed by atoms with Crippen LogP contribution in [0.15, 0.2) is 33.2 Å². The van der Waals surface area contributed by atoms with Crippen LogP contribution in [0, 0.1) is 6.92 Å². The van der Waals surface area contributed by atoms with Crippen LogP contribution in [0.25, 0.3) is 0 Å². The molecule has 1 heterocycles. The average Bonchev–Trinajstić information content (AvgIpc) is 2.53. The quantitative estimate of drug-likeness (QED) is 0.495. The molecule has 0 radical (unpaired) electrons. The highest BCUT2D eigenvalue weighted by Gasteiger charge is 2.19. The van der Waals surface area contributed by atoms with Crippen LogP contribution in [0.5, 0.6) is 5.88 Å². The molecule has 26 heavy (non-hydrogen) atoms. The van der Waals surface area contributed by atoms with Crippen LogP contribution in [0.4, 0.5) is 11.4 Å². The fourth-order valence-electron chi connectivity index (χ4n) is 2.15. The first kappa shape index (κ1) is 18.3. The number of rotatable bonds is 5. The van der Waals surface area contributed by atoms with Gasteiger partial charge in [-0.15, -0.1) is 10.2 Å². The van der Waals surface area contributed by atoms with E-state index in [2.05, 4.69) is 10.2 Å². The van der Waals surface area contributed by atoms with E-state index >= 15 is 0 Å². The molecule has 11 nitrogen and oxygen atoms in total. The van der Waals surface area contributed by atoms with Crippen molar-refractivity contribution in [2.75, 3.05) is 0 Å². The standard InChI is InChI=1S/C15H12N4O7/c1-5-9(11(16)20)12(21)17-13(22)10(5)19-18-8-4-6(14(23)24)2-3-7(8)15(25)26/h2-4H,1H3,(H2,16,20)(H,23,24)(H,25,26)(H2,17,21,22). The number of nitrogens with two attached hydrogens (primary N) is 1. The van der Waals surface area contributed by atoms with Crippen molar-refractivity contribution >= 4 is 29.2 Å². The molecule has 0 fully saturated rings. The first-order valence-corrected chi connectivity index (χ1v) is 6.91. The number of carbonyl (C=O) groups is 3. The molecular weight excluding hydrogens is 348 g/mol. The highest BCUT2D eigenvalue weighted by Crippen LogP contribution is 2.27. The van der Waals surface area contributed by atoms with Crippen LogP contribution in [0.1, 0.15) is 36.6 Å². The second-order valence-corrected chi connectivity index (χ2v) is 5.06. The predicted octanol–water partition coefficient (Wildman–Crippen LogP) is 1.30. The number of hydrogen-bond donors (Lipinski definition) is 5. The van der Waals surface area contributed by atoms with Crippen LogP contribution in [0.2, 0.25) is 0 Å². The second kappa shape index (κ2) is 6.84. The van der Waals surface area contributed by atoms with E-state index in [4.69, 9.17) is 15.9 Å². The molecule has 134 valence electrons. The van der Waals surface area contributed by atoms with Crippen molar-refractivity contribution < 1.29 is 29.7 Å². The van der Waals surface area contributed by atoms with E-state index in [-0.39, 0.29) is 27.9 Å². The molecule has 0 spiro atoms. The number of nitrogens with zero attached hydrogens (tertiary/aromatic N) is 2. The first-order valence-electron chi connectivity index (χ1n) is 6.91. The van der Waals surface area contributed by atoms with Gasteiger partial charge in [0.05, 0.1) is 11.1 Å². The van der Waals surface area contributed by atoms with E-state index in [0.717, 1.165) is 18.2 Å². The van der Waals surface area contributed by atoms with Gasteiger partial charge in [0.2, 0.25) is 5.88 Å².